The summed E-state index contributed by atoms with van der Waals surface area (Å²) in [7, 11) is -3.03. The fraction of sp³-hybridized carbons (Fsp3) is 0.538. The first-order valence-electron chi connectivity index (χ1n) is 5.68. The van der Waals surface area contributed by atoms with Crippen LogP contribution in [0, 0.1) is 6.92 Å². The maximum Gasteiger partial charge on any atom is 0.153 e. The molecule has 0 amide bonds. The average molecular weight is 255 g/mol. The van der Waals surface area contributed by atoms with E-state index in [1.807, 2.05) is 6.92 Å². The minimum absolute atomic E-state index is 0.458. The Kier molecular flexibility index (Phi) is 4.33. The zero-order chi connectivity index (χ0) is 13.1. The van der Waals surface area contributed by atoms with Crippen molar-refractivity contribution in [2.75, 3.05) is 12.8 Å². The van der Waals surface area contributed by atoms with Gasteiger partial charge in [0.05, 0.1) is 4.75 Å². The van der Waals surface area contributed by atoms with Crippen molar-refractivity contribution in [1.29, 1.82) is 0 Å². The van der Waals surface area contributed by atoms with E-state index in [0.29, 0.717) is 13.1 Å². The quantitative estimate of drug-likeness (QED) is 0.874. The lowest BCUT2D eigenvalue weighted by atomic mass is 10.1. The molecule has 3 nitrogen and oxygen atoms in total. The highest BCUT2D eigenvalue weighted by molar-refractivity contribution is 7.92. The summed E-state index contributed by atoms with van der Waals surface area (Å²) in [4.78, 5) is 0. The van der Waals surface area contributed by atoms with Crippen LogP contribution in [0.4, 0.5) is 0 Å². The first-order chi connectivity index (χ1) is 7.72. The van der Waals surface area contributed by atoms with Crippen molar-refractivity contribution >= 4 is 9.84 Å². The Morgan fingerprint density at radius 2 is 1.71 bits per heavy atom. The van der Waals surface area contributed by atoms with Crippen LogP contribution in [-0.2, 0) is 16.4 Å². The topological polar surface area (TPSA) is 46.2 Å². The zero-order valence-electron chi connectivity index (χ0n) is 10.9. The summed E-state index contributed by atoms with van der Waals surface area (Å²) in [5, 5.41) is 3.19. The van der Waals surface area contributed by atoms with Crippen molar-refractivity contribution in [3.8, 4) is 0 Å². The van der Waals surface area contributed by atoms with Gasteiger partial charge in [-0.3, -0.25) is 0 Å². The smallest absolute Gasteiger partial charge is 0.153 e. The molecule has 0 heterocycles. The Labute approximate surface area is 104 Å². The van der Waals surface area contributed by atoms with Crippen molar-refractivity contribution in [3.63, 3.8) is 0 Å². The van der Waals surface area contributed by atoms with Crippen molar-refractivity contribution in [2.45, 2.75) is 32.1 Å². The van der Waals surface area contributed by atoms with E-state index in [1.165, 1.54) is 17.4 Å². The average Bonchev–Trinajstić information content (AvgIpc) is 2.19. The summed E-state index contributed by atoms with van der Waals surface area (Å²) in [6, 6.07) is 8.21. The molecule has 4 heteroatoms. The van der Waals surface area contributed by atoms with Crippen LogP contribution in [-0.4, -0.2) is 26.0 Å². The van der Waals surface area contributed by atoms with Gasteiger partial charge in [0.2, 0.25) is 0 Å². The molecule has 1 aromatic carbocycles. The standard InChI is InChI=1S/C13H21NO2S/c1-11-5-7-12(8-6-11)9-14-10-13(2,3)17(4,15)16/h5-8,14H,9-10H2,1-4H3. The molecule has 17 heavy (non-hydrogen) atoms. The van der Waals surface area contributed by atoms with Crippen LogP contribution in [0.1, 0.15) is 25.0 Å². The molecule has 96 valence electrons. The van der Waals surface area contributed by atoms with Gasteiger partial charge in [-0.25, -0.2) is 8.42 Å². The maximum atomic E-state index is 11.5. The number of nitrogens with one attached hydrogen (secondary N) is 1. The number of hydrogen-bond donors (Lipinski definition) is 1. The summed E-state index contributed by atoms with van der Waals surface area (Å²) in [5.41, 5.74) is 2.39. The van der Waals surface area contributed by atoms with Crippen LogP contribution < -0.4 is 5.32 Å². The van der Waals surface area contributed by atoms with Crippen LogP contribution in [0.2, 0.25) is 0 Å². The van der Waals surface area contributed by atoms with Gasteiger partial charge < -0.3 is 5.32 Å². The fourth-order valence-corrected chi connectivity index (χ4v) is 1.71. The monoisotopic (exact) mass is 255 g/mol. The molecule has 0 spiro atoms. The van der Waals surface area contributed by atoms with Crippen molar-refractivity contribution in [2.24, 2.45) is 0 Å². The van der Waals surface area contributed by atoms with Crippen LogP contribution in [0.15, 0.2) is 24.3 Å². The number of hydrogen-bond acceptors (Lipinski definition) is 3. The third-order valence-corrected chi connectivity index (χ3v) is 5.16. The van der Waals surface area contributed by atoms with Gasteiger partial charge in [-0.2, -0.15) is 0 Å². The molecule has 0 aliphatic heterocycles. The molecule has 0 aliphatic rings. The van der Waals surface area contributed by atoms with Crippen molar-refractivity contribution < 1.29 is 8.42 Å². The van der Waals surface area contributed by atoms with Gasteiger partial charge in [0, 0.05) is 19.3 Å². The Morgan fingerprint density at radius 1 is 1.18 bits per heavy atom. The molecule has 0 saturated carbocycles. The molecule has 0 fully saturated rings. The number of sulfone groups is 1. The molecule has 0 bridgehead atoms. The first kappa shape index (κ1) is 14.2. The zero-order valence-corrected chi connectivity index (χ0v) is 11.8. The summed E-state index contributed by atoms with van der Waals surface area (Å²) in [5.74, 6) is 0. The fourth-order valence-electron chi connectivity index (χ4n) is 1.34. The normalized spacial score (nSPS) is 12.7. The molecule has 0 aromatic heterocycles. The third kappa shape index (κ3) is 4.13. The first-order valence-corrected chi connectivity index (χ1v) is 7.57. The van der Waals surface area contributed by atoms with E-state index < -0.39 is 14.6 Å². The highest BCUT2D eigenvalue weighted by atomic mass is 32.2. The second-order valence-corrected chi connectivity index (χ2v) is 7.77. The molecule has 1 rings (SSSR count). The summed E-state index contributed by atoms with van der Waals surface area (Å²) in [6.45, 7) is 6.68. The molecule has 0 atom stereocenters. The SMILES string of the molecule is Cc1ccc(CNCC(C)(C)S(C)(=O)=O)cc1. The van der Waals surface area contributed by atoms with E-state index in [-0.39, 0.29) is 0 Å². The summed E-state index contributed by atoms with van der Waals surface area (Å²) in [6.07, 6.45) is 1.28. The van der Waals surface area contributed by atoms with E-state index in [2.05, 4.69) is 29.6 Å². The number of rotatable bonds is 5. The van der Waals surface area contributed by atoms with Crippen LogP contribution >= 0.6 is 0 Å². The van der Waals surface area contributed by atoms with E-state index in [4.69, 9.17) is 0 Å². The van der Waals surface area contributed by atoms with E-state index in [1.54, 1.807) is 13.8 Å². The number of benzene rings is 1. The Hall–Kier alpha value is -0.870. The lowest BCUT2D eigenvalue weighted by molar-refractivity contribution is 0.521. The van der Waals surface area contributed by atoms with Gasteiger partial charge in [-0.05, 0) is 26.3 Å². The largest absolute Gasteiger partial charge is 0.311 e. The van der Waals surface area contributed by atoms with Crippen LogP contribution in [0.3, 0.4) is 0 Å². The van der Waals surface area contributed by atoms with E-state index in [9.17, 15) is 8.42 Å². The Morgan fingerprint density at radius 3 is 2.18 bits per heavy atom. The highest BCUT2D eigenvalue weighted by Crippen LogP contribution is 2.13. The lowest BCUT2D eigenvalue weighted by Gasteiger charge is -2.22. The molecule has 0 aliphatic carbocycles. The van der Waals surface area contributed by atoms with Gasteiger partial charge in [0.1, 0.15) is 0 Å². The second kappa shape index (κ2) is 5.19. The third-order valence-electron chi connectivity index (χ3n) is 3.00. The second-order valence-electron chi connectivity index (χ2n) is 5.12. The maximum absolute atomic E-state index is 11.5. The predicted molar refractivity (Wildman–Crippen MR) is 71.8 cm³/mol. The molecule has 1 N–H and O–H groups in total. The predicted octanol–water partition coefficient (Wildman–Crippen LogP) is 1.91. The molecular weight excluding hydrogens is 234 g/mol. The molecule has 0 unspecified atom stereocenters. The van der Waals surface area contributed by atoms with Crippen molar-refractivity contribution in [1.82, 2.24) is 5.32 Å². The van der Waals surface area contributed by atoms with Gasteiger partial charge >= 0.3 is 0 Å². The lowest BCUT2D eigenvalue weighted by Crippen LogP contribution is -2.41. The van der Waals surface area contributed by atoms with Crippen LogP contribution in [0.5, 0.6) is 0 Å². The molecule has 0 saturated heterocycles. The van der Waals surface area contributed by atoms with Crippen molar-refractivity contribution in [3.05, 3.63) is 35.4 Å². The molecule has 0 radical (unpaired) electrons. The number of aryl methyl sites for hydroxylation is 1. The van der Waals surface area contributed by atoms with Gasteiger partial charge in [-0.15, -0.1) is 0 Å². The van der Waals surface area contributed by atoms with E-state index in [0.717, 1.165) is 0 Å². The minimum Gasteiger partial charge on any atom is -0.311 e. The van der Waals surface area contributed by atoms with E-state index >= 15 is 0 Å². The van der Waals surface area contributed by atoms with Crippen LogP contribution in [0.25, 0.3) is 0 Å². The summed E-state index contributed by atoms with van der Waals surface area (Å²) < 4.78 is 22.3. The van der Waals surface area contributed by atoms with Gasteiger partial charge in [0.15, 0.2) is 9.84 Å². The van der Waals surface area contributed by atoms with Gasteiger partial charge in [-0.1, -0.05) is 29.8 Å². The minimum atomic E-state index is -3.03. The molecule has 1 aromatic rings. The summed E-state index contributed by atoms with van der Waals surface area (Å²) >= 11 is 0. The highest BCUT2D eigenvalue weighted by Gasteiger charge is 2.29. The van der Waals surface area contributed by atoms with Gasteiger partial charge in [0.25, 0.3) is 0 Å². The molecular formula is C13H21NO2S. The Balaban J connectivity index is 2.51. The Bertz CT molecular complexity index is 461.